The smallest absolute Gasteiger partial charge is 0.134 e. The van der Waals surface area contributed by atoms with Crippen LogP contribution in [0.4, 0.5) is 0 Å². The van der Waals surface area contributed by atoms with Gasteiger partial charge in [0.15, 0.2) is 0 Å². The summed E-state index contributed by atoms with van der Waals surface area (Å²) in [5.41, 5.74) is 1.36. The molecule has 74 valence electrons. The Morgan fingerprint density at radius 3 is 3.00 bits per heavy atom. The first kappa shape index (κ1) is 10.6. The van der Waals surface area contributed by atoms with Gasteiger partial charge < -0.3 is 0 Å². The Balaban J connectivity index is 2.77. The Morgan fingerprint density at radius 1 is 1.64 bits per heavy atom. The van der Waals surface area contributed by atoms with E-state index in [2.05, 4.69) is 41.9 Å². The van der Waals surface area contributed by atoms with Gasteiger partial charge in [0.25, 0.3) is 0 Å². The molecule has 1 unspecified atom stereocenters. The molecular weight excluding hydrogens is 172 g/mol. The normalized spacial score (nSPS) is 22.6. The van der Waals surface area contributed by atoms with Crippen molar-refractivity contribution >= 4 is 12.6 Å². The number of hydrogen-bond acceptors (Lipinski definition) is 1. The van der Waals surface area contributed by atoms with Crippen molar-refractivity contribution in [3.05, 3.63) is 36.1 Å². The maximum atomic E-state index is 4.25. The maximum absolute atomic E-state index is 4.25. The molecule has 0 N–H and O–H groups in total. The zero-order chi connectivity index (χ0) is 10.4. The van der Waals surface area contributed by atoms with Crippen LogP contribution in [0, 0.1) is 5.92 Å². The van der Waals surface area contributed by atoms with Crippen molar-refractivity contribution in [2.45, 2.75) is 20.3 Å². The van der Waals surface area contributed by atoms with Crippen LogP contribution in [0.15, 0.2) is 46.1 Å². The summed E-state index contributed by atoms with van der Waals surface area (Å²) in [5.74, 6) is 1.08. The molecule has 0 aromatic heterocycles. The van der Waals surface area contributed by atoms with Crippen LogP contribution >= 0.6 is 0 Å². The van der Waals surface area contributed by atoms with Gasteiger partial charge in [-0.15, -0.1) is 0 Å². The molecule has 1 aliphatic carbocycles. The number of amidine groups is 1. The summed E-state index contributed by atoms with van der Waals surface area (Å²) < 4.78 is 0. The molecule has 0 spiro atoms. The average molecular weight is 188 g/mol. The van der Waals surface area contributed by atoms with E-state index in [4.69, 9.17) is 0 Å². The SMILES string of the molecule is C=NC(=N/C=C/C)C1C=CC=C(C)C1. The van der Waals surface area contributed by atoms with Crippen LogP contribution < -0.4 is 0 Å². The minimum absolute atomic E-state index is 0.286. The number of rotatable bonds is 2. The standard InChI is InChI=1S/C12H16N2/c1-4-8-14-12(13-3)11-7-5-6-10(2)9-11/h4-8,11H,3,9H2,1-2H3/b8-4+,14-12?. The van der Waals surface area contributed by atoms with Gasteiger partial charge in [0, 0.05) is 12.1 Å². The zero-order valence-corrected chi connectivity index (χ0v) is 8.77. The van der Waals surface area contributed by atoms with E-state index in [0.29, 0.717) is 0 Å². The summed E-state index contributed by atoms with van der Waals surface area (Å²) >= 11 is 0. The zero-order valence-electron chi connectivity index (χ0n) is 8.77. The molecule has 0 aromatic carbocycles. The van der Waals surface area contributed by atoms with Gasteiger partial charge >= 0.3 is 0 Å². The van der Waals surface area contributed by atoms with E-state index >= 15 is 0 Å². The molecule has 0 fully saturated rings. The number of allylic oxidation sites excluding steroid dienone is 4. The molecule has 2 heteroatoms. The Labute approximate surface area is 85.5 Å². The van der Waals surface area contributed by atoms with Crippen molar-refractivity contribution in [1.29, 1.82) is 0 Å². The van der Waals surface area contributed by atoms with E-state index in [0.717, 1.165) is 12.3 Å². The maximum Gasteiger partial charge on any atom is 0.134 e. The predicted octanol–water partition coefficient (Wildman–Crippen LogP) is 3.14. The van der Waals surface area contributed by atoms with Crippen LogP contribution in [0.3, 0.4) is 0 Å². The van der Waals surface area contributed by atoms with Gasteiger partial charge in [0.05, 0.1) is 0 Å². The van der Waals surface area contributed by atoms with Gasteiger partial charge in [0.1, 0.15) is 5.84 Å². The van der Waals surface area contributed by atoms with Gasteiger partial charge in [-0.3, -0.25) is 0 Å². The Morgan fingerprint density at radius 2 is 2.43 bits per heavy atom. The Kier molecular flexibility index (Phi) is 4.05. The fourth-order valence-corrected chi connectivity index (χ4v) is 1.42. The third-order valence-electron chi connectivity index (χ3n) is 2.12. The lowest BCUT2D eigenvalue weighted by atomic mass is 9.94. The van der Waals surface area contributed by atoms with Crippen molar-refractivity contribution in [1.82, 2.24) is 0 Å². The van der Waals surface area contributed by atoms with Crippen LogP contribution in [0.1, 0.15) is 20.3 Å². The molecule has 0 saturated carbocycles. The van der Waals surface area contributed by atoms with Crippen molar-refractivity contribution in [3.8, 4) is 0 Å². The lowest BCUT2D eigenvalue weighted by Crippen LogP contribution is -2.11. The summed E-state index contributed by atoms with van der Waals surface area (Å²) in [5, 5.41) is 0. The highest BCUT2D eigenvalue weighted by Gasteiger charge is 2.13. The van der Waals surface area contributed by atoms with Gasteiger partial charge in [-0.2, -0.15) is 0 Å². The molecule has 0 amide bonds. The van der Waals surface area contributed by atoms with Crippen molar-refractivity contribution in [2.24, 2.45) is 15.9 Å². The fourth-order valence-electron chi connectivity index (χ4n) is 1.42. The summed E-state index contributed by atoms with van der Waals surface area (Å²) in [7, 11) is 0. The topological polar surface area (TPSA) is 24.7 Å². The van der Waals surface area contributed by atoms with Gasteiger partial charge in [-0.1, -0.05) is 29.9 Å². The molecule has 0 heterocycles. The Bertz CT molecular complexity index is 319. The summed E-state index contributed by atoms with van der Waals surface area (Å²) in [6.45, 7) is 7.60. The molecule has 0 aliphatic heterocycles. The number of aliphatic imine (C=N–C) groups is 2. The van der Waals surface area contributed by atoms with Crippen LogP contribution in [-0.2, 0) is 0 Å². The molecule has 1 atom stereocenters. The van der Waals surface area contributed by atoms with E-state index in [1.54, 1.807) is 6.20 Å². The van der Waals surface area contributed by atoms with Crippen molar-refractivity contribution < 1.29 is 0 Å². The molecule has 0 aromatic rings. The monoisotopic (exact) mass is 188 g/mol. The second-order valence-electron chi connectivity index (χ2n) is 3.34. The highest BCUT2D eigenvalue weighted by atomic mass is 14.9. The summed E-state index contributed by atoms with van der Waals surface area (Å²) in [6, 6.07) is 0. The van der Waals surface area contributed by atoms with Crippen LogP contribution in [0.25, 0.3) is 0 Å². The minimum atomic E-state index is 0.286. The van der Waals surface area contributed by atoms with E-state index in [-0.39, 0.29) is 5.92 Å². The lowest BCUT2D eigenvalue weighted by Gasteiger charge is -2.14. The largest absolute Gasteiger partial charge is 0.249 e. The van der Waals surface area contributed by atoms with Crippen LogP contribution in [0.2, 0.25) is 0 Å². The second-order valence-corrected chi connectivity index (χ2v) is 3.34. The highest BCUT2D eigenvalue weighted by molar-refractivity contribution is 5.90. The predicted molar refractivity (Wildman–Crippen MR) is 62.8 cm³/mol. The van der Waals surface area contributed by atoms with Gasteiger partial charge in [-0.25, -0.2) is 9.98 Å². The lowest BCUT2D eigenvalue weighted by molar-refractivity contribution is 0.816. The third kappa shape index (κ3) is 2.80. The summed E-state index contributed by atoms with van der Waals surface area (Å²) in [4.78, 5) is 8.20. The van der Waals surface area contributed by atoms with E-state index in [9.17, 15) is 0 Å². The molecule has 2 nitrogen and oxygen atoms in total. The molecule has 0 bridgehead atoms. The molecule has 1 rings (SSSR count). The van der Waals surface area contributed by atoms with Crippen molar-refractivity contribution in [3.63, 3.8) is 0 Å². The molecule has 14 heavy (non-hydrogen) atoms. The second kappa shape index (κ2) is 5.32. The van der Waals surface area contributed by atoms with Gasteiger partial charge in [0.2, 0.25) is 0 Å². The first-order valence-corrected chi connectivity index (χ1v) is 4.77. The molecule has 0 radical (unpaired) electrons. The molecule has 0 saturated heterocycles. The highest BCUT2D eigenvalue weighted by Crippen LogP contribution is 2.20. The molecular formula is C12H16N2. The summed E-state index contributed by atoms with van der Waals surface area (Å²) in [6.07, 6.45) is 10.9. The number of hydrogen-bond donors (Lipinski definition) is 0. The average Bonchev–Trinajstić information content (AvgIpc) is 2.19. The first-order valence-electron chi connectivity index (χ1n) is 4.77. The van der Waals surface area contributed by atoms with E-state index in [1.165, 1.54) is 5.57 Å². The van der Waals surface area contributed by atoms with E-state index in [1.807, 2.05) is 13.0 Å². The number of nitrogens with zero attached hydrogens (tertiary/aromatic N) is 2. The quantitative estimate of drug-likeness (QED) is 0.470. The van der Waals surface area contributed by atoms with Gasteiger partial charge in [-0.05, 0) is 27.0 Å². The van der Waals surface area contributed by atoms with E-state index < -0.39 is 0 Å². The van der Waals surface area contributed by atoms with Crippen LogP contribution in [0.5, 0.6) is 0 Å². The third-order valence-corrected chi connectivity index (χ3v) is 2.12. The van der Waals surface area contributed by atoms with Crippen molar-refractivity contribution in [2.75, 3.05) is 0 Å². The minimum Gasteiger partial charge on any atom is -0.249 e. The molecule has 1 aliphatic rings. The Hall–Kier alpha value is -1.44. The first-order chi connectivity index (χ1) is 6.77. The van der Waals surface area contributed by atoms with Crippen LogP contribution in [-0.4, -0.2) is 12.6 Å². The fraction of sp³-hybridized carbons (Fsp3) is 0.333.